The SMILES string of the molecule is CC[C@@H](COc1cc(-c2noc(C(F)(F)F)n2)on1)NC(=O)c1ccc2ccccc2c1. The number of carbonyl (C=O) groups is 1. The molecule has 0 saturated carbocycles. The fraction of sp³-hybridized carbons (Fsp3) is 0.238. The number of carbonyl (C=O) groups excluding carboxylic acids is 1. The summed E-state index contributed by atoms with van der Waals surface area (Å²) in [5.41, 5.74) is 0.517. The molecule has 0 spiro atoms. The van der Waals surface area contributed by atoms with Gasteiger partial charge in [0.1, 0.15) is 6.61 Å². The van der Waals surface area contributed by atoms with E-state index < -0.39 is 17.9 Å². The molecular formula is C21H17F3N4O4. The molecule has 0 aliphatic rings. The lowest BCUT2D eigenvalue weighted by Crippen LogP contribution is -2.38. The second kappa shape index (κ2) is 8.69. The zero-order valence-electron chi connectivity index (χ0n) is 16.7. The Morgan fingerprint density at radius 1 is 1.09 bits per heavy atom. The van der Waals surface area contributed by atoms with Crippen LogP contribution < -0.4 is 10.1 Å². The topological polar surface area (TPSA) is 103 Å². The molecule has 2 heterocycles. The van der Waals surface area contributed by atoms with Crippen molar-refractivity contribution in [2.45, 2.75) is 25.6 Å². The lowest BCUT2D eigenvalue weighted by Gasteiger charge is -2.17. The fourth-order valence-electron chi connectivity index (χ4n) is 2.92. The van der Waals surface area contributed by atoms with Gasteiger partial charge in [-0.05, 0) is 34.5 Å². The van der Waals surface area contributed by atoms with Crippen LogP contribution in [-0.2, 0) is 6.18 Å². The molecule has 8 nitrogen and oxygen atoms in total. The minimum atomic E-state index is -4.76. The number of rotatable bonds is 7. The van der Waals surface area contributed by atoms with Crippen LogP contribution in [0.5, 0.6) is 5.88 Å². The van der Waals surface area contributed by atoms with Crippen molar-refractivity contribution in [1.82, 2.24) is 20.6 Å². The highest BCUT2D eigenvalue weighted by molar-refractivity contribution is 5.98. The van der Waals surface area contributed by atoms with Crippen molar-refractivity contribution in [2.75, 3.05) is 6.61 Å². The summed E-state index contributed by atoms with van der Waals surface area (Å²) in [4.78, 5) is 15.8. The van der Waals surface area contributed by atoms with Gasteiger partial charge in [0.05, 0.1) is 12.1 Å². The number of nitrogens with one attached hydrogen (secondary N) is 1. The van der Waals surface area contributed by atoms with Gasteiger partial charge < -0.3 is 19.1 Å². The number of ether oxygens (including phenoxy) is 1. The van der Waals surface area contributed by atoms with E-state index >= 15 is 0 Å². The molecule has 0 aliphatic carbocycles. The van der Waals surface area contributed by atoms with Gasteiger partial charge in [-0.2, -0.15) is 18.2 Å². The number of amides is 1. The Kier molecular flexibility index (Phi) is 5.80. The minimum Gasteiger partial charge on any atom is -0.473 e. The van der Waals surface area contributed by atoms with Gasteiger partial charge in [0, 0.05) is 5.56 Å². The summed E-state index contributed by atoms with van der Waals surface area (Å²) in [7, 11) is 0. The number of fused-ring (bicyclic) bond motifs is 1. The molecule has 0 unspecified atom stereocenters. The number of nitrogens with zero attached hydrogens (tertiary/aromatic N) is 3. The Bertz CT molecular complexity index is 1230. The molecule has 32 heavy (non-hydrogen) atoms. The molecule has 166 valence electrons. The van der Waals surface area contributed by atoms with E-state index in [4.69, 9.17) is 9.26 Å². The average Bonchev–Trinajstić information content (AvgIpc) is 3.45. The van der Waals surface area contributed by atoms with Crippen LogP contribution in [-0.4, -0.2) is 33.9 Å². The molecule has 11 heteroatoms. The third kappa shape index (κ3) is 4.71. The number of aromatic nitrogens is 3. The molecule has 0 radical (unpaired) electrons. The number of hydrogen-bond acceptors (Lipinski definition) is 7. The number of benzene rings is 2. The van der Waals surface area contributed by atoms with Gasteiger partial charge in [0.25, 0.3) is 11.8 Å². The molecule has 0 saturated heterocycles. The van der Waals surface area contributed by atoms with Crippen LogP contribution in [0.15, 0.2) is 57.6 Å². The van der Waals surface area contributed by atoms with Crippen LogP contribution in [0.2, 0.25) is 0 Å². The summed E-state index contributed by atoms with van der Waals surface area (Å²) in [6, 6.07) is 14.0. The quantitative estimate of drug-likeness (QED) is 0.446. The first-order valence-electron chi connectivity index (χ1n) is 9.64. The molecule has 4 rings (SSSR count). The van der Waals surface area contributed by atoms with Gasteiger partial charge in [-0.3, -0.25) is 4.79 Å². The summed E-state index contributed by atoms with van der Waals surface area (Å²) >= 11 is 0. The van der Waals surface area contributed by atoms with Crippen LogP contribution >= 0.6 is 0 Å². The van der Waals surface area contributed by atoms with Crippen molar-refractivity contribution in [3.05, 3.63) is 60.0 Å². The molecule has 1 amide bonds. The van der Waals surface area contributed by atoms with Crippen LogP contribution in [0, 0.1) is 0 Å². The standard InChI is InChI=1S/C21H17F3N4O4/c1-2-15(25-19(29)14-8-7-12-5-3-4-6-13(12)9-14)11-30-17-10-16(31-27-17)18-26-20(32-28-18)21(22,23)24/h3-10,15H,2,11H2,1H3,(H,25,29)/t15-/m0/s1. The summed E-state index contributed by atoms with van der Waals surface area (Å²) in [5.74, 6) is -2.28. The summed E-state index contributed by atoms with van der Waals surface area (Å²) in [5, 5.41) is 11.7. The van der Waals surface area contributed by atoms with Crippen LogP contribution in [0.25, 0.3) is 22.4 Å². The first kappa shape index (κ1) is 21.3. The Labute approximate surface area is 179 Å². The average molecular weight is 446 g/mol. The van der Waals surface area contributed by atoms with Crippen molar-refractivity contribution in [1.29, 1.82) is 0 Å². The summed E-state index contributed by atoms with van der Waals surface area (Å²) in [6.07, 6.45) is -4.19. The van der Waals surface area contributed by atoms with E-state index in [1.807, 2.05) is 43.3 Å². The maximum Gasteiger partial charge on any atom is 0.471 e. The molecule has 2 aromatic heterocycles. The van der Waals surface area contributed by atoms with Crippen molar-refractivity contribution >= 4 is 16.7 Å². The molecule has 0 fully saturated rings. The van der Waals surface area contributed by atoms with Gasteiger partial charge in [0.15, 0.2) is 0 Å². The van der Waals surface area contributed by atoms with Crippen LogP contribution in [0.3, 0.4) is 0 Å². The largest absolute Gasteiger partial charge is 0.473 e. The third-order valence-electron chi connectivity index (χ3n) is 4.65. The predicted octanol–water partition coefficient (Wildman–Crippen LogP) is 4.48. The Hall–Kier alpha value is -3.89. The number of hydrogen-bond donors (Lipinski definition) is 1. The Balaban J connectivity index is 1.37. The maximum atomic E-state index is 12.6. The van der Waals surface area contributed by atoms with Gasteiger partial charge in [0.2, 0.25) is 11.6 Å². The first-order valence-corrected chi connectivity index (χ1v) is 9.64. The number of halogens is 3. The molecule has 1 N–H and O–H groups in total. The van der Waals surface area contributed by atoms with E-state index in [1.165, 1.54) is 6.07 Å². The highest BCUT2D eigenvalue weighted by atomic mass is 19.4. The summed E-state index contributed by atoms with van der Waals surface area (Å²) < 4.78 is 52.3. The van der Waals surface area contributed by atoms with Crippen molar-refractivity contribution in [2.24, 2.45) is 0 Å². The lowest BCUT2D eigenvalue weighted by molar-refractivity contribution is -0.159. The van der Waals surface area contributed by atoms with Crippen molar-refractivity contribution in [3.8, 4) is 17.5 Å². The van der Waals surface area contributed by atoms with Crippen molar-refractivity contribution in [3.63, 3.8) is 0 Å². The van der Waals surface area contributed by atoms with E-state index in [0.29, 0.717) is 12.0 Å². The highest BCUT2D eigenvalue weighted by Crippen LogP contribution is 2.30. The monoisotopic (exact) mass is 446 g/mol. The smallest absolute Gasteiger partial charge is 0.471 e. The third-order valence-corrected chi connectivity index (χ3v) is 4.65. The van der Waals surface area contributed by atoms with E-state index in [2.05, 4.69) is 25.1 Å². The Morgan fingerprint density at radius 3 is 2.59 bits per heavy atom. The number of alkyl halides is 3. The maximum absolute atomic E-state index is 12.6. The molecular weight excluding hydrogens is 429 g/mol. The molecule has 0 bridgehead atoms. The highest BCUT2D eigenvalue weighted by Gasteiger charge is 2.39. The second-order valence-corrected chi connectivity index (χ2v) is 6.90. The summed E-state index contributed by atoms with van der Waals surface area (Å²) in [6.45, 7) is 1.95. The molecule has 1 atom stereocenters. The zero-order chi connectivity index (χ0) is 22.7. The van der Waals surface area contributed by atoms with E-state index in [0.717, 1.165) is 10.8 Å². The molecule has 4 aromatic rings. The molecule has 0 aliphatic heterocycles. The van der Waals surface area contributed by atoms with E-state index in [1.54, 1.807) is 6.07 Å². The van der Waals surface area contributed by atoms with Crippen LogP contribution in [0.1, 0.15) is 29.6 Å². The van der Waals surface area contributed by atoms with E-state index in [9.17, 15) is 18.0 Å². The second-order valence-electron chi connectivity index (χ2n) is 6.90. The van der Waals surface area contributed by atoms with Gasteiger partial charge in [-0.1, -0.05) is 42.4 Å². The fourth-order valence-corrected chi connectivity index (χ4v) is 2.92. The van der Waals surface area contributed by atoms with E-state index in [-0.39, 0.29) is 30.2 Å². The first-order chi connectivity index (χ1) is 15.3. The normalized spacial score (nSPS) is 12.6. The zero-order valence-corrected chi connectivity index (χ0v) is 16.7. The lowest BCUT2D eigenvalue weighted by atomic mass is 10.1. The minimum absolute atomic E-state index is 0.0109. The molecule has 2 aromatic carbocycles. The van der Waals surface area contributed by atoms with Gasteiger partial charge in [-0.25, -0.2) is 0 Å². The van der Waals surface area contributed by atoms with Gasteiger partial charge in [-0.15, -0.1) is 0 Å². The van der Waals surface area contributed by atoms with Crippen molar-refractivity contribution < 1.29 is 31.7 Å². The van der Waals surface area contributed by atoms with Crippen LogP contribution in [0.4, 0.5) is 13.2 Å². The predicted molar refractivity (Wildman–Crippen MR) is 106 cm³/mol. The van der Waals surface area contributed by atoms with Gasteiger partial charge >= 0.3 is 12.1 Å². The Morgan fingerprint density at radius 2 is 1.88 bits per heavy atom.